The van der Waals surface area contributed by atoms with Crippen molar-refractivity contribution in [1.29, 1.82) is 0 Å². The normalized spacial score (nSPS) is 15.5. The second-order valence-electron chi connectivity index (χ2n) is 6.62. The minimum atomic E-state index is 0.0982. The van der Waals surface area contributed by atoms with Crippen LogP contribution in [0.5, 0.6) is 0 Å². The molecule has 5 nitrogen and oxygen atoms in total. The number of thiazole rings is 1. The van der Waals surface area contributed by atoms with E-state index in [0.717, 1.165) is 45.3 Å². The van der Waals surface area contributed by atoms with Gasteiger partial charge in [-0.3, -0.25) is 9.78 Å². The lowest BCUT2D eigenvalue weighted by Crippen LogP contribution is -2.45. The fraction of sp³-hybridized carbons (Fsp3) is 0.526. The van der Waals surface area contributed by atoms with Crippen molar-refractivity contribution in [1.82, 2.24) is 20.2 Å². The third-order valence-corrected chi connectivity index (χ3v) is 5.90. The number of pyridine rings is 1. The number of nitrogens with one attached hydrogen (secondary N) is 1. The van der Waals surface area contributed by atoms with Crippen LogP contribution in [0.15, 0.2) is 24.5 Å². The number of hydrogen-bond acceptors (Lipinski definition) is 5. The zero-order valence-electron chi connectivity index (χ0n) is 15.0. The van der Waals surface area contributed by atoms with Gasteiger partial charge >= 0.3 is 0 Å². The van der Waals surface area contributed by atoms with Crippen molar-refractivity contribution in [3.05, 3.63) is 45.7 Å². The molecule has 0 aromatic carbocycles. The summed E-state index contributed by atoms with van der Waals surface area (Å²) in [5.41, 5.74) is 1.85. The Bertz CT molecular complexity index is 673. The quantitative estimate of drug-likeness (QED) is 0.807. The molecule has 0 unspecified atom stereocenters. The average Bonchev–Trinajstić information content (AvgIpc) is 2.97. The van der Waals surface area contributed by atoms with E-state index >= 15 is 0 Å². The van der Waals surface area contributed by atoms with Crippen molar-refractivity contribution < 1.29 is 4.79 Å². The van der Waals surface area contributed by atoms with Crippen molar-refractivity contribution in [3.8, 4) is 0 Å². The molecular formula is C19H26N4OS. The molecule has 1 aliphatic heterocycles. The third kappa shape index (κ3) is 4.86. The molecular weight excluding hydrogens is 332 g/mol. The number of aryl methyl sites for hydroxylation is 3. The predicted molar refractivity (Wildman–Crippen MR) is 101 cm³/mol. The van der Waals surface area contributed by atoms with Gasteiger partial charge in [-0.25, -0.2) is 4.98 Å². The van der Waals surface area contributed by atoms with E-state index in [2.05, 4.69) is 29.1 Å². The number of carbonyl (C=O) groups is 1. The smallest absolute Gasteiger partial charge is 0.255 e. The van der Waals surface area contributed by atoms with Gasteiger partial charge in [-0.2, -0.15) is 0 Å². The molecule has 1 amide bonds. The monoisotopic (exact) mass is 358 g/mol. The molecule has 134 valence electrons. The lowest BCUT2D eigenvalue weighted by Gasteiger charge is -2.32. The first-order valence-corrected chi connectivity index (χ1v) is 9.80. The van der Waals surface area contributed by atoms with Gasteiger partial charge in [-0.1, -0.05) is 0 Å². The highest BCUT2D eigenvalue weighted by Gasteiger charge is 2.23. The topological polar surface area (TPSA) is 58.1 Å². The molecule has 1 N–H and O–H groups in total. The number of carbonyl (C=O) groups excluding carboxylic acids is 1. The van der Waals surface area contributed by atoms with Gasteiger partial charge in [0.25, 0.3) is 5.91 Å². The van der Waals surface area contributed by atoms with Crippen LogP contribution in [0.2, 0.25) is 0 Å². The fourth-order valence-electron chi connectivity index (χ4n) is 3.15. The molecule has 1 aliphatic rings. The summed E-state index contributed by atoms with van der Waals surface area (Å²) in [6.45, 7) is 6.86. The van der Waals surface area contributed by atoms with Crippen LogP contribution in [-0.2, 0) is 6.42 Å². The Morgan fingerprint density at radius 3 is 2.80 bits per heavy atom. The fourth-order valence-corrected chi connectivity index (χ4v) is 4.13. The zero-order valence-corrected chi connectivity index (χ0v) is 15.8. The SMILES string of the molecule is Cc1nc(CCCNC2CCN(C(=O)c3cccnc3)CC2)sc1C. The molecule has 1 saturated heterocycles. The zero-order chi connectivity index (χ0) is 17.6. The number of likely N-dealkylation sites (tertiary alicyclic amines) is 1. The first kappa shape index (κ1) is 18.0. The van der Waals surface area contributed by atoms with Gasteiger partial charge in [0, 0.05) is 42.8 Å². The Morgan fingerprint density at radius 1 is 1.36 bits per heavy atom. The maximum atomic E-state index is 12.4. The summed E-state index contributed by atoms with van der Waals surface area (Å²) in [4.78, 5) is 24.3. The summed E-state index contributed by atoms with van der Waals surface area (Å²) < 4.78 is 0. The number of rotatable bonds is 6. The molecule has 1 fully saturated rings. The van der Waals surface area contributed by atoms with Crippen molar-refractivity contribution in [2.45, 2.75) is 45.6 Å². The minimum Gasteiger partial charge on any atom is -0.338 e. The van der Waals surface area contributed by atoms with Gasteiger partial charge in [0.1, 0.15) is 0 Å². The Balaban J connectivity index is 1.36. The first-order valence-electron chi connectivity index (χ1n) is 8.99. The van der Waals surface area contributed by atoms with Crippen LogP contribution >= 0.6 is 11.3 Å². The Morgan fingerprint density at radius 2 is 2.16 bits per heavy atom. The van der Waals surface area contributed by atoms with Gasteiger partial charge < -0.3 is 10.2 Å². The van der Waals surface area contributed by atoms with Crippen LogP contribution in [-0.4, -0.2) is 46.5 Å². The lowest BCUT2D eigenvalue weighted by atomic mass is 10.0. The van der Waals surface area contributed by atoms with Crippen molar-refractivity contribution in [2.24, 2.45) is 0 Å². The lowest BCUT2D eigenvalue weighted by molar-refractivity contribution is 0.0705. The highest BCUT2D eigenvalue weighted by atomic mass is 32.1. The summed E-state index contributed by atoms with van der Waals surface area (Å²) in [6.07, 6.45) is 7.53. The highest BCUT2D eigenvalue weighted by molar-refractivity contribution is 7.11. The molecule has 2 aromatic heterocycles. The number of amides is 1. The maximum Gasteiger partial charge on any atom is 0.255 e. The summed E-state index contributed by atoms with van der Waals surface area (Å²) >= 11 is 1.81. The Kier molecular flexibility index (Phi) is 6.15. The van der Waals surface area contributed by atoms with E-state index in [1.54, 1.807) is 12.4 Å². The maximum absolute atomic E-state index is 12.4. The van der Waals surface area contributed by atoms with Crippen molar-refractivity contribution in [3.63, 3.8) is 0 Å². The van der Waals surface area contributed by atoms with Crippen LogP contribution in [0, 0.1) is 13.8 Å². The average molecular weight is 359 g/mol. The van der Waals surface area contributed by atoms with E-state index in [1.807, 2.05) is 28.4 Å². The van der Waals surface area contributed by atoms with Gasteiger partial charge in [0.15, 0.2) is 0 Å². The van der Waals surface area contributed by atoms with Gasteiger partial charge in [0.05, 0.1) is 16.3 Å². The van der Waals surface area contributed by atoms with Crippen LogP contribution in [0.25, 0.3) is 0 Å². The summed E-state index contributed by atoms with van der Waals surface area (Å²) in [7, 11) is 0. The third-order valence-electron chi connectivity index (χ3n) is 4.76. The van der Waals surface area contributed by atoms with E-state index in [9.17, 15) is 4.79 Å². The number of hydrogen-bond donors (Lipinski definition) is 1. The summed E-state index contributed by atoms with van der Waals surface area (Å²) in [5, 5.41) is 4.88. The largest absolute Gasteiger partial charge is 0.338 e. The molecule has 0 radical (unpaired) electrons. The molecule has 2 aromatic rings. The molecule has 0 spiro atoms. The van der Waals surface area contributed by atoms with E-state index < -0.39 is 0 Å². The molecule has 0 atom stereocenters. The van der Waals surface area contributed by atoms with E-state index in [0.29, 0.717) is 11.6 Å². The Hall–Kier alpha value is -1.79. The number of aromatic nitrogens is 2. The molecule has 0 bridgehead atoms. The highest BCUT2D eigenvalue weighted by Crippen LogP contribution is 2.18. The van der Waals surface area contributed by atoms with Crippen LogP contribution in [0.1, 0.15) is 45.2 Å². The standard InChI is InChI=1S/C19H26N4OS/c1-14-15(2)25-18(22-14)6-4-10-21-17-7-11-23(12-8-17)19(24)16-5-3-9-20-13-16/h3,5,9,13,17,21H,4,6-8,10-12H2,1-2H3. The van der Waals surface area contributed by atoms with Crippen molar-refractivity contribution >= 4 is 17.2 Å². The van der Waals surface area contributed by atoms with Gasteiger partial charge in [-0.05, 0) is 51.8 Å². The second-order valence-corrected chi connectivity index (χ2v) is 7.90. The molecule has 3 rings (SSSR count). The predicted octanol–water partition coefficient (Wildman–Crippen LogP) is 2.98. The van der Waals surface area contributed by atoms with E-state index in [1.165, 1.54) is 15.6 Å². The van der Waals surface area contributed by atoms with Gasteiger partial charge in [-0.15, -0.1) is 11.3 Å². The summed E-state index contributed by atoms with van der Waals surface area (Å²) in [6, 6.07) is 4.16. The van der Waals surface area contributed by atoms with Crippen molar-refractivity contribution in [2.75, 3.05) is 19.6 Å². The molecule has 0 aliphatic carbocycles. The number of nitrogens with zero attached hydrogens (tertiary/aromatic N) is 3. The van der Waals surface area contributed by atoms with Crippen LogP contribution in [0.3, 0.4) is 0 Å². The van der Waals surface area contributed by atoms with Crippen LogP contribution in [0.4, 0.5) is 0 Å². The van der Waals surface area contributed by atoms with Crippen LogP contribution < -0.4 is 5.32 Å². The molecule has 6 heteroatoms. The molecule has 0 saturated carbocycles. The van der Waals surface area contributed by atoms with E-state index in [4.69, 9.17) is 0 Å². The molecule has 25 heavy (non-hydrogen) atoms. The van der Waals surface area contributed by atoms with Gasteiger partial charge in [0.2, 0.25) is 0 Å². The summed E-state index contributed by atoms with van der Waals surface area (Å²) in [5.74, 6) is 0.0982. The Labute approximate surface area is 153 Å². The number of piperidine rings is 1. The second kappa shape index (κ2) is 8.54. The minimum absolute atomic E-state index is 0.0982. The first-order chi connectivity index (χ1) is 12.1. The molecule has 3 heterocycles. The van der Waals surface area contributed by atoms with E-state index in [-0.39, 0.29) is 5.91 Å².